The van der Waals surface area contributed by atoms with Gasteiger partial charge in [0.1, 0.15) is 5.75 Å². The molecule has 3 N–H and O–H groups in total. The second kappa shape index (κ2) is 7.36. The summed E-state index contributed by atoms with van der Waals surface area (Å²) in [5.74, 6) is 0.329. The van der Waals surface area contributed by atoms with E-state index in [-0.39, 0.29) is 11.9 Å². The van der Waals surface area contributed by atoms with Crippen LogP contribution in [0.15, 0.2) is 18.2 Å². The van der Waals surface area contributed by atoms with Crippen molar-refractivity contribution in [3.05, 3.63) is 28.8 Å². The van der Waals surface area contributed by atoms with Crippen LogP contribution < -0.4 is 15.8 Å². The van der Waals surface area contributed by atoms with Crippen LogP contribution in [0.4, 0.5) is 0 Å². The Bertz CT molecular complexity index is 437. The maximum Gasteiger partial charge on any atom is 0.260 e. The van der Waals surface area contributed by atoms with Gasteiger partial charge in [-0.1, -0.05) is 30.7 Å². The van der Waals surface area contributed by atoms with Gasteiger partial charge >= 0.3 is 0 Å². The Morgan fingerprint density at radius 1 is 1.47 bits per heavy atom. The molecule has 1 aromatic carbocycles. The molecule has 0 fully saturated rings. The Labute approximate surface area is 119 Å². The molecule has 0 radical (unpaired) electrons. The minimum absolute atomic E-state index is 0.124. The SMILES string of the molecule is CCC(C)NC(=O)C(C)Oc1c(Cl)cccc1CN. The van der Waals surface area contributed by atoms with Crippen molar-refractivity contribution >= 4 is 17.5 Å². The number of nitrogens with two attached hydrogens (primary N) is 1. The Kier molecular flexibility index (Phi) is 6.12. The second-order valence-electron chi connectivity index (χ2n) is 4.51. The van der Waals surface area contributed by atoms with Gasteiger partial charge < -0.3 is 15.8 Å². The number of rotatable bonds is 6. The minimum atomic E-state index is -0.612. The molecule has 5 heteroatoms. The lowest BCUT2D eigenvalue weighted by atomic mass is 10.2. The van der Waals surface area contributed by atoms with Crippen molar-refractivity contribution in [2.45, 2.75) is 45.9 Å². The van der Waals surface area contributed by atoms with Crippen molar-refractivity contribution < 1.29 is 9.53 Å². The van der Waals surface area contributed by atoms with Gasteiger partial charge in [-0.05, 0) is 26.3 Å². The third-order valence-electron chi connectivity index (χ3n) is 2.93. The summed E-state index contributed by atoms with van der Waals surface area (Å²) in [6.07, 6.45) is 0.262. The molecule has 1 rings (SSSR count). The molecule has 0 heterocycles. The first-order chi connectivity index (χ1) is 8.99. The van der Waals surface area contributed by atoms with Crippen molar-refractivity contribution in [3.8, 4) is 5.75 Å². The van der Waals surface area contributed by atoms with Gasteiger partial charge in [-0.25, -0.2) is 0 Å². The second-order valence-corrected chi connectivity index (χ2v) is 4.92. The van der Waals surface area contributed by atoms with Gasteiger partial charge in [0.2, 0.25) is 0 Å². The summed E-state index contributed by atoms with van der Waals surface area (Å²) >= 11 is 6.08. The summed E-state index contributed by atoms with van der Waals surface area (Å²) in [7, 11) is 0. The molecule has 2 atom stereocenters. The maximum atomic E-state index is 11.9. The molecule has 19 heavy (non-hydrogen) atoms. The first-order valence-corrected chi connectivity index (χ1v) is 6.81. The fourth-order valence-corrected chi connectivity index (χ4v) is 1.78. The number of nitrogens with one attached hydrogen (secondary N) is 1. The number of carbonyl (C=O) groups excluding carboxylic acids is 1. The molecule has 0 aliphatic carbocycles. The Morgan fingerprint density at radius 2 is 2.16 bits per heavy atom. The summed E-state index contributed by atoms with van der Waals surface area (Å²) in [5, 5.41) is 3.33. The van der Waals surface area contributed by atoms with E-state index in [1.165, 1.54) is 0 Å². The van der Waals surface area contributed by atoms with Crippen LogP contribution in [0.25, 0.3) is 0 Å². The summed E-state index contributed by atoms with van der Waals surface area (Å²) in [5.41, 5.74) is 6.42. The van der Waals surface area contributed by atoms with Gasteiger partial charge in [0, 0.05) is 18.2 Å². The zero-order valence-corrected chi connectivity index (χ0v) is 12.3. The molecule has 0 bridgehead atoms. The monoisotopic (exact) mass is 284 g/mol. The largest absolute Gasteiger partial charge is 0.479 e. The van der Waals surface area contributed by atoms with Crippen LogP contribution in [0.5, 0.6) is 5.75 Å². The molecule has 0 aliphatic rings. The molecule has 0 aliphatic heterocycles. The van der Waals surface area contributed by atoms with E-state index in [4.69, 9.17) is 22.1 Å². The van der Waals surface area contributed by atoms with E-state index >= 15 is 0 Å². The number of carbonyl (C=O) groups is 1. The average Bonchev–Trinajstić information content (AvgIpc) is 2.40. The number of ether oxygens (including phenoxy) is 1. The zero-order chi connectivity index (χ0) is 14.4. The van der Waals surface area contributed by atoms with Crippen LogP contribution in [0.2, 0.25) is 5.02 Å². The molecule has 106 valence electrons. The van der Waals surface area contributed by atoms with Crippen LogP contribution in [0.1, 0.15) is 32.8 Å². The Balaban J connectivity index is 2.76. The van der Waals surface area contributed by atoms with Gasteiger partial charge in [-0.3, -0.25) is 4.79 Å². The minimum Gasteiger partial charge on any atom is -0.479 e. The van der Waals surface area contributed by atoms with E-state index in [0.717, 1.165) is 12.0 Å². The molecule has 2 unspecified atom stereocenters. The molecule has 1 amide bonds. The van der Waals surface area contributed by atoms with E-state index < -0.39 is 6.10 Å². The topological polar surface area (TPSA) is 64.3 Å². The highest BCUT2D eigenvalue weighted by molar-refractivity contribution is 6.32. The van der Waals surface area contributed by atoms with Crippen molar-refractivity contribution in [3.63, 3.8) is 0 Å². The number of para-hydroxylation sites is 1. The smallest absolute Gasteiger partial charge is 0.260 e. The van der Waals surface area contributed by atoms with Crippen molar-refractivity contribution in [1.29, 1.82) is 0 Å². The van der Waals surface area contributed by atoms with Crippen LogP contribution in [-0.2, 0) is 11.3 Å². The van der Waals surface area contributed by atoms with E-state index in [0.29, 0.717) is 17.3 Å². The number of amides is 1. The Morgan fingerprint density at radius 3 is 2.74 bits per heavy atom. The summed E-state index contributed by atoms with van der Waals surface area (Å²) in [6, 6.07) is 5.48. The van der Waals surface area contributed by atoms with Gasteiger partial charge in [0.15, 0.2) is 6.10 Å². The van der Waals surface area contributed by atoms with E-state index in [1.54, 1.807) is 19.1 Å². The molecule has 0 saturated carbocycles. The predicted octanol–water partition coefficient (Wildman–Crippen LogP) is 2.48. The number of benzene rings is 1. The predicted molar refractivity (Wildman–Crippen MR) is 77.3 cm³/mol. The van der Waals surface area contributed by atoms with Crippen LogP contribution in [0, 0.1) is 0 Å². The molecular weight excluding hydrogens is 264 g/mol. The lowest BCUT2D eigenvalue weighted by molar-refractivity contribution is -0.127. The summed E-state index contributed by atoms with van der Waals surface area (Å²) in [6.45, 7) is 5.97. The number of halogens is 1. The van der Waals surface area contributed by atoms with Crippen molar-refractivity contribution in [2.75, 3.05) is 0 Å². The summed E-state index contributed by atoms with van der Waals surface area (Å²) in [4.78, 5) is 11.9. The zero-order valence-electron chi connectivity index (χ0n) is 11.6. The van der Waals surface area contributed by atoms with Crippen LogP contribution in [-0.4, -0.2) is 18.1 Å². The van der Waals surface area contributed by atoms with E-state index in [9.17, 15) is 4.79 Å². The highest BCUT2D eigenvalue weighted by Gasteiger charge is 2.18. The molecule has 1 aromatic rings. The fraction of sp³-hybridized carbons (Fsp3) is 0.500. The third kappa shape index (κ3) is 4.40. The fourth-order valence-electron chi connectivity index (χ4n) is 1.54. The number of hydrogen-bond donors (Lipinski definition) is 2. The Hall–Kier alpha value is -1.26. The molecule has 0 spiro atoms. The number of hydrogen-bond acceptors (Lipinski definition) is 3. The molecule has 4 nitrogen and oxygen atoms in total. The summed E-state index contributed by atoms with van der Waals surface area (Å²) < 4.78 is 5.65. The van der Waals surface area contributed by atoms with Gasteiger partial charge in [-0.2, -0.15) is 0 Å². The van der Waals surface area contributed by atoms with Gasteiger partial charge in [-0.15, -0.1) is 0 Å². The van der Waals surface area contributed by atoms with E-state index in [2.05, 4.69) is 5.32 Å². The molecule has 0 aromatic heterocycles. The highest BCUT2D eigenvalue weighted by Crippen LogP contribution is 2.29. The van der Waals surface area contributed by atoms with E-state index in [1.807, 2.05) is 19.9 Å². The average molecular weight is 285 g/mol. The standard InChI is InChI=1S/C14H21ClN2O2/c1-4-9(2)17-14(18)10(3)19-13-11(8-16)6-5-7-12(13)15/h5-7,9-10H,4,8,16H2,1-3H3,(H,17,18). The molecule has 0 saturated heterocycles. The lowest BCUT2D eigenvalue weighted by Gasteiger charge is -2.19. The third-order valence-corrected chi connectivity index (χ3v) is 3.23. The maximum absolute atomic E-state index is 11.9. The quantitative estimate of drug-likeness (QED) is 0.843. The lowest BCUT2D eigenvalue weighted by Crippen LogP contribution is -2.41. The normalized spacial score (nSPS) is 13.7. The van der Waals surface area contributed by atoms with Gasteiger partial charge in [0.25, 0.3) is 5.91 Å². The van der Waals surface area contributed by atoms with Gasteiger partial charge in [0.05, 0.1) is 5.02 Å². The van der Waals surface area contributed by atoms with Crippen molar-refractivity contribution in [2.24, 2.45) is 5.73 Å². The first-order valence-electron chi connectivity index (χ1n) is 6.44. The highest BCUT2D eigenvalue weighted by atomic mass is 35.5. The van der Waals surface area contributed by atoms with Crippen molar-refractivity contribution in [1.82, 2.24) is 5.32 Å². The molecular formula is C14H21ClN2O2. The van der Waals surface area contributed by atoms with Crippen LogP contribution >= 0.6 is 11.6 Å². The first kappa shape index (κ1) is 15.8. The van der Waals surface area contributed by atoms with Crippen LogP contribution in [0.3, 0.4) is 0 Å².